The molecule has 2 aliphatic heterocycles. The molecule has 0 unspecified atom stereocenters. The Balaban J connectivity index is 1.11. The number of rotatable bonds is 5. The highest BCUT2D eigenvalue weighted by Gasteiger charge is 2.36. The van der Waals surface area contributed by atoms with Crippen molar-refractivity contribution in [2.24, 2.45) is 0 Å². The smallest absolute Gasteiger partial charge is 0.155 e. The molecule has 0 bridgehead atoms. The van der Waals surface area contributed by atoms with Gasteiger partial charge in [0.25, 0.3) is 0 Å². The molecule has 3 heterocycles. The Hall–Kier alpha value is -5.75. The summed E-state index contributed by atoms with van der Waals surface area (Å²) in [6, 6.07) is 58.2. The lowest BCUT2D eigenvalue weighted by Gasteiger charge is -2.37. The molecule has 0 spiro atoms. The van der Waals surface area contributed by atoms with Gasteiger partial charge in [0.15, 0.2) is 5.75 Å². The largest absolute Gasteiger partial charge is 0.455 e. The molecule has 250 valence electrons. The van der Waals surface area contributed by atoms with E-state index in [4.69, 9.17) is 9.47 Å². The second-order valence-corrected chi connectivity index (χ2v) is 15.9. The standard InChI is InChI=1S/C47H33NO2S2/c1-47(2)36-15-6-7-18-39(36)49-46-37(47)16-11-17-38(46)48(34-26-27-41-32(28-34)29-44(51-41)31-12-4-3-5-13-31)33-24-22-30(23-25-33)35-14-10-21-43-45(35)50-40-19-8-9-20-42(40)52-43/h3-29H,1-2H3. The van der Waals surface area contributed by atoms with Crippen LogP contribution in [0.15, 0.2) is 174 Å². The van der Waals surface area contributed by atoms with Gasteiger partial charge in [-0.3, -0.25) is 0 Å². The molecule has 8 aromatic rings. The first-order valence-electron chi connectivity index (χ1n) is 17.5. The number of hydrogen-bond acceptors (Lipinski definition) is 5. The van der Waals surface area contributed by atoms with Gasteiger partial charge in [-0.05, 0) is 83.2 Å². The first-order chi connectivity index (χ1) is 25.5. The van der Waals surface area contributed by atoms with Gasteiger partial charge in [0, 0.05) is 43.1 Å². The first kappa shape index (κ1) is 31.0. The number of fused-ring (bicyclic) bond motifs is 5. The van der Waals surface area contributed by atoms with Gasteiger partial charge in [-0.2, -0.15) is 0 Å². The third-order valence-electron chi connectivity index (χ3n) is 10.2. The minimum absolute atomic E-state index is 0.235. The van der Waals surface area contributed by atoms with Gasteiger partial charge in [-0.15, -0.1) is 11.3 Å². The van der Waals surface area contributed by atoms with Crippen molar-refractivity contribution in [3.8, 4) is 44.6 Å². The zero-order valence-corrected chi connectivity index (χ0v) is 30.3. The first-order valence-corrected chi connectivity index (χ1v) is 19.1. The number of para-hydroxylation sites is 4. The van der Waals surface area contributed by atoms with Gasteiger partial charge in [-0.1, -0.05) is 123 Å². The van der Waals surface area contributed by atoms with Crippen LogP contribution in [0.4, 0.5) is 17.1 Å². The van der Waals surface area contributed by atoms with Gasteiger partial charge >= 0.3 is 0 Å². The van der Waals surface area contributed by atoms with Crippen LogP contribution in [0, 0.1) is 0 Å². The maximum absolute atomic E-state index is 6.84. The lowest BCUT2D eigenvalue weighted by Crippen LogP contribution is -2.25. The fourth-order valence-corrected chi connectivity index (χ4v) is 9.57. The molecule has 1 aromatic heterocycles. The van der Waals surface area contributed by atoms with Crippen LogP contribution in [0.5, 0.6) is 23.0 Å². The number of thiophene rings is 1. The van der Waals surface area contributed by atoms with Crippen molar-refractivity contribution in [2.75, 3.05) is 4.90 Å². The summed E-state index contributed by atoms with van der Waals surface area (Å²) >= 11 is 3.58. The van der Waals surface area contributed by atoms with E-state index in [2.05, 4.69) is 170 Å². The fraction of sp³-hybridized carbons (Fsp3) is 0.0638. The second kappa shape index (κ2) is 12.2. The molecule has 3 nitrogen and oxygen atoms in total. The van der Waals surface area contributed by atoms with Gasteiger partial charge in [-0.25, -0.2) is 0 Å². The quantitative estimate of drug-likeness (QED) is 0.177. The Morgan fingerprint density at radius 2 is 1.21 bits per heavy atom. The van der Waals surface area contributed by atoms with Crippen LogP contribution in [0.1, 0.15) is 25.0 Å². The van der Waals surface area contributed by atoms with Crippen LogP contribution >= 0.6 is 23.1 Å². The van der Waals surface area contributed by atoms with E-state index in [9.17, 15) is 0 Å². The molecule has 0 saturated carbocycles. The topological polar surface area (TPSA) is 21.7 Å². The Labute approximate surface area is 311 Å². The summed E-state index contributed by atoms with van der Waals surface area (Å²) in [4.78, 5) is 5.86. The second-order valence-electron chi connectivity index (χ2n) is 13.7. The van der Waals surface area contributed by atoms with Crippen LogP contribution in [0.3, 0.4) is 0 Å². The van der Waals surface area contributed by atoms with E-state index in [1.165, 1.54) is 31.7 Å². The van der Waals surface area contributed by atoms with E-state index in [0.717, 1.165) is 61.0 Å². The minimum Gasteiger partial charge on any atom is -0.455 e. The predicted octanol–water partition coefficient (Wildman–Crippen LogP) is 14.4. The van der Waals surface area contributed by atoms with Crippen LogP contribution < -0.4 is 14.4 Å². The molecule has 0 N–H and O–H groups in total. The molecule has 0 atom stereocenters. The minimum atomic E-state index is -0.235. The molecule has 10 rings (SSSR count). The van der Waals surface area contributed by atoms with Crippen molar-refractivity contribution >= 4 is 50.2 Å². The monoisotopic (exact) mass is 707 g/mol. The molecule has 0 amide bonds. The Bertz CT molecular complexity index is 2640. The van der Waals surface area contributed by atoms with E-state index < -0.39 is 0 Å². The lowest BCUT2D eigenvalue weighted by atomic mass is 9.75. The molecule has 0 radical (unpaired) electrons. The van der Waals surface area contributed by atoms with Crippen molar-refractivity contribution in [1.82, 2.24) is 0 Å². The van der Waals surface area contributed by atoms with E-state index in [0.29, 0.717) is 0 Å². The Morgan fingerprint density at radius 1 is 0.519 bits per heavy atom. The van der Waals surface area contributed by atoms with Crippen molar-refractivity contribution in [3.05, 3.63) is 175 Å². The molecule has 7 aromatic carbocycles. The van der Waals surface area contributed by atoms with E-state index in [-0.39, 0.29) is 5.41 Å². The maximum atomic E-state index is 6.84. The highest BCUT2D eigenvalue weighted by atomic mass is 32.2. The summed E-state index contributed by atoms with van der Waals surface area (Å²) in [5.41, 5.74) is 8.64. The van der Waals surface area contributed by atoms with Crippen molar-refractivity contribution < 1.29 is 9.47 Å². The lowest BCUT2D eigenvalue weighted by molar-refractivity contribution is 0.419. The van der Waals surface area contributed by atoms with Crippen LogP contribution in [0.2, 0.25) is 0 Å². The van der Waals surface area contributed by atoms with Gasteiger partial charge in [0.1, 0.15) is 17.2 Å². The fourth-order valence-electron chi connectivity index (χ4n) is 7.54. The summed E-state index contributed by atoms with van der Waals surface area (Å²) in [7, 11) is 0. The van der Waals surface area contributed by atoms with Gasteiger partial charge < -0.3 is 14.4 Å². The zero-order chi connectivity index (χ0) is 34.8. The van der Waals surface area contributed by atoms with E-state index in [1.807, 2.05) is 23.5 Å². The Morgan fingerprint density at radius 3 is 2.08 bits per heavy atom. The van der Waals surface area contributed by atoms with Crippen molar-refractivity contribution in [1.29, 1.82) is 0 Å². The number of nitrogens with zero attached hydrogens (tertiary/aromatic N) is 1. The average molecular weight is 708 g/mol. The molecule has 2 aliphatic rings. The zero-order valence-electron chi connectivity index (χ0n) is 28.7. The number of benzene rings is 7. The summed E-state index contributed by atoms with van der Waals surface area (Å²) < 4.78 is 14.6. The average Bonchev–Trinajstić information content (AvgIpc) is 3.62. The van der Waals surface area contributed by atoms with Crippen LogP contribution in [-0.4, -0.2) is 0 Å². The highest BCUT2D eigenvalue weighted by molar-refractivity contribution is 7.99. The molecule has 5 heteroatoms. The molecular weight excluding hydrogens is 675 g/mol. The van der Waals surface area contributed by atoms with Crippen LogP contribution in [-0.2, 0) is 5.41 Å². The van der Waals surface area contributed by atoms with E-state index >= 15 is 0 Å². The predicted molar refractivity (Wildman–Crippen MR) is 217 cm³/mol. The van der Waals surface area contributed by atoms with Gasteiger partial charge in [0.2, 0.25) is 0 Å². The number of ether oxygens (including phenoxy) is 2. The van der Waals surface area contributed by atoms with Crippen LogP contribution in [0.25, 0.3) is 31.7 Å². The molecule has 0 aliphatic carbocycles. The number of hydrogen-bond donors (Lipinski definition) is 0. The molecule has 0 fully saturated rings. The summed E-state index contributed by atoms with van der Waals surface area (Å²) in [5, 5.41) is 1.21. The summed E-state index contributed by atoms with van der Waals surface area (Å²) in [6.07, 6.45) is 0. The number of anilines is 3. The van der Waals surface area contributed by atoms with Gasteiger partial charge in [0.05, 0.1) is 15.5 Å². The summed E-state index contributed by atoms with van der Waals surface area (Å²) in [5.74, 6) is 3.58. The highest BCUT2D eigenvalue weighted by Crippen LogP contribution is 2.54. The third kappa shape index (κ3) is 5.11. The molecular formula is C47H33NO2S2. The SMILES string of the molecule is CC1(C)c2ccccc2Oc2c(N(c3ccc(-c4cccc5c4Oc4ccccc4S5)cc3)c3ccc4sc(-c5ccccc5)cc4c3)cccc21. The van der Waals surface area contributed by atoms with E-state index in [1.54, 1.807) is 11.8 Å². The van der Waals surface area contributed by atoms with Crippen molar-refractivity contribution in [2.45, 2.75) is 29.1 Å². The molecule has 52 heavy (non-hydrogen) atoms. The maximum Gasteiger partial charge on any atom is 0.155 e. The van der Waals surface area contributed by atoms with Crippen molar-refractivity contribution in [3.63, 3.8) is 0 Å². The molecule has 0 saturated heterocycles. The third-order valence-corrected chi connectivity index (χ3v) is 12.5. The normalized spacial score (nSPS) is 13.6. The summed E-state index contributed by atoms with van der Waals surface area (Å²) in [6.45, 7) is 4.58. The Kier molecular flexibility index (Phi) is 7.27.